The summed E-state index contributed by atoms with van der Waals surface area (Å²) in [6.45, 7) is 2.08. The molecule has 0 saturated carbocycles. The van der Waals surface area contributed by atoms with Gasteiger partial charge in [-0.15, -0.1) is 0 Å². The lowest BCUT2D eigenvalue weighted by Gasteiger charge is -2.39. The minimum absolute atomic E-state index is 0.505. The van der Waals surface area contributed by atoms with Crippen molar-refractivity contribution in [2.45, 2.75) is 56.9 Å². The van der Waals surface area contributed by atoms with Crippen molar-refractivity contribution in [2.24, 2.45) is 0 Å². The van der Waals surface area contributed by atoms with Gasteiger partial charge in [-0.3, -0.25) is 28.1 Å². The number of halogens is 3. The Labute approximate surface area is 146 Å². The van der Waals surface area contributed by atoms with Gasteiger partial charge in [0.15, 0.2) is 23.8 Å². The van der Waals surface area contributed by atoms with Crippen LogP contribution in [0.5, 0.6) is 0 Å². The Balaban J connectivity index is 1.90. The van der Waals surface area contributed by atoms with Crippen molar-refractivity contribution >= 4 is 19.5 Å². The molecule has 26 heavy (non-hydrogen) atoms. The van der Waals surface area contributed by atoms with E-state index in [2.05, 4.69) is 0 Å². The fourth-order valence-corrected chi connectivity index (χ4v) is 4.54. The van der Waals surface area contributed by atoms with Crippen LogP contribution in [0.3, 0.4) is 0 Å². The first-order chi connectivity index (χ1) is 12.1. The van der Waals surface area contributed by atoms with Gasteiger partial charge >= 0.3 is 7.82 Å². The van der Waals surface area contributed by atoms with E-state index in [0.29, 0.717) is 4.90 Å². The summed E-state index contributed by atoms with van der Waals surface area (Å²) in [6, 6.07) is 0. The molecule has 2 fully saturated rings. The zero-order valence-corrected chi connectivity index (χ0v) is 14.7. The predicted octanol–water partition coefficient (Wildman–Crippen LogP) is 1.95. The van der Waals surface area contributed by atoms with Gasteiger partial charge in [-0.2, -0.15) is 0 Å². The minimum Gasteiger partial charge on any atom is -0.337 e. The van der Waals surface area contributed by atoms with Gasteiger partial charge in [0.1, 0.15) is 6.10 Å². The van der Waals surface area contributed by atoms with E-state index in [1.807, 2.05) is 0 Å². The van der Waals surface area contributed by atoms with E-state index in [0.717, 1.165) is 12.3 Å². The Hall–Kier alpha value is -1.26. The molecule has 146 valence electrons. The van der Waals surface area contributed by atoms with Crippen LogP contribution in [-0.2, 0) is 32.5 Å². The Morgan fingerprint density at radius 3 is 2.65 bits per heavy atom. The quantitative estimate of drug-likeness (QED) is 0.527. The average Bonchev–Trinajstić information content (AvgIpc) is 2.80. The molecule has 0 aromatic heterocycles. The van der Waals surface area contributed by atoms with Crippen molar-refractivity contribution < 1.29 is 45.6 Å². The Bertz CT molecular complexity index is 687. The first-order valence-electron chi connectivity index (χ1n) is 7.81. The number of nitrogens with zero attached hydrogens (tertiary/aromatic N) is 1. The molecule has 0 aliphatic carbocycles. The summed E-state index contributed by atoms with van der Waals surface area (Å²) >= 11 is 0. The van der Waals surface area contributed by atoms with Gasteiger partial charge in [-0.25, -0.2) is 17.7 Å². The van der Waals surface area contributed by atoms with Crippen molar-refractivity contribution in [2.75, 3.05) is 6.61 Å². The van der Waals surface area contributed by atoms with E-state index in [-0.39, 0.29) is 0 Å². The first kappa shape index (κ1) is 19.5. The number of hydrogen-bond donors (Lipinski definition) is 0. The lowest BCUT2D eigenvalue weighted by Crippen LogP contribution is -2.55. The van der Waals surface area contributed by atoms with Gasteiger partial charge in [-0.05, 0) is 19.9 Å². The van der Waals surface area contributed by atoms with Crippen LogP contribution >= 0.6 is 7.82 Å². The number of phosphoric ester groups is 1. The fraction of sp³-hybridized carbons (Fsp3) is 0.714. The van der Waals surface area contributed by atoms with Crippen LogP contribution in [0.15, 0.2) is 12.3 Å². The smallest absolute Gasteiger partial charge is 0.337 e. The summed E-state index contributed by atoms with van der Waals surface area (Å²) in [6.07, 6.45) is -8.47. The predicted molar refractivity (Wildman–Crippen MR) is 78.8 cm³/mol. The summed E-state index contributed by atoms with van der Waals surface area (Å²) in [5, 5.41) is 0. The molecule has 2 saturated heterocycles. The molecule has 3 rings (SSSR count). The molecule has 0 radical (unpaired) electrons. The summed E-state index contributed by atoms with van der Waals surface area (Å²) in [7, 11) is -4.28. The SMILES string of the molecule is CC(C)OP1(=O)OC[C@@]2(C(F)F)O[C@@H](N3C=CC(=O)CC3=O)[C@H](F)[C@@H]2O1. The molecule has 1 unspecified atom stereocenters. The minimum atomic E-state index is -4.28. The highest BCUT2D eigenvalue weighted by Crippen LogP contribution is 2.60. The lowest BCUT2D eigenvalue weighted by molar-refractivity contribution is -0.213. The van der Waals surface area contributed by atoms with Gasteiger partial charge in [-0.1, -0.05) is 0 Å². The Morgan fingerprint density at radius 2 is 2.08 bits per heavy atom. The van der Waals surface area contributed by atoms with Crippen LogP contribution in [0.2, 0.25) is 0 Å². The van der Waals surface area contributed by atoms with Crippen molar-refractivity contribution in [1.29, 1.82) is 0 Å². The highest BCUT2D eigenvalue weighted by Gasteiger charge is 2.68. The van der Waals surface area contributed by atoms with E-state index in [1.165, 1.54) is 13.8 Å². The van der Waals surface area contributed by atoms with Gasteiger partial charge in [0.25, 0.3) is 6.43 Å². The molecular weight excluding hydrogens is 382 g/mol. The highest BCUT2D eigenvalue weighted by molar-refractivity contribution is 7.48. The first-order valence-corrected chi connectivity index (χ1v) is 9.28. The maximum absolute atomic E-state index is 14.9. The van der Waals surface area contributed by atoms with Crippen LogP contribution in [0.25, 0.3) is 0 Å². The third-order valence-corrected chi connectivity index (χ3v) is 5.70. The van der Waals surface area contributed by atoms with Crippen LogP contribution in [0.4, 0.5) is 13.2 Å². The molecule has 8 nitrogen and oxygen atoms in total. The number of allylic oxidation sites excluding steroid dienone is 1. The number of amides is 1. The number of alkyl halides is 3. The number of carbonyl (C=O) groups excluding carboxylic acids is 2. The molecule has 0 spiro atoms. The van der Waals surface area contributed by atoms with Gasteiger partial charge in [0.2, 0.25) is 5.91 Å². The molecule has 3 heterocycles. The van der Waals surface area contributed by atoms with E-state index in [1.54, 1.807) is 0 Å². The fourth-order valence-electron chi connectivity index (χ4n) is 2.92. The van der Waals surface area contributed by atoms with E-state index < -0.39 is 69.2 Å². The second-order valence-corrected chi connectivity index (χ2v) is 7.94. The molecule has 3 aliphatic rings. The third-order valence-electron chi connectivity index (χ3n) is 4.09. The van der Waals surface area contributed by atoms with E-state index in [4.69, 9.17) is 18.3 Å². The second kappa shape index (κ2) is 6.72. The largest absolute Gasteiger partial charge is 0.475 e. The van der Waals surface area contributed by atoms with Crippen molar-refractivity contribution in [1.82, 2.24) is 4.90 Å². The maximum atomic E-state index is 14.9. The van der Waals surface area contributed by atoms with Crippen LogP contribution in [0, 0.1) is 0 Å². The van der Waals surface area contributed by atoms with Gasteiger partial charge < -0.3 is 4.74 Å². The molecule has 12 heteroatoms. The molecule has 0 aromatic rings. The average molecular weight is 399 g/mol. The molecule has 5 atom stereocenters. The Morgan fingerprint density at radius 1 is 1.38 bits per heavy atom. The van der Waals surface area contributed by atoms with Crippen molar-refractivity contribution in [3.05, 3.63) is 12.3 Å². The molecule has 0 bridgehead atoms. The number of ketones is 1. The lowest BCUT2D eigenvalue weighted by atomic mass is 9.97. The maximum Gasteiger partial charge on any atom is 0.475 e. The zero-order valence-electron chi connectivity index (χ0n) is 13.8. The summed E-state index contributed by atoms with van der Waals surface area (Å²) in [5.74, 6) is -1.31. The number of phosphoric acid groups is 1. The topological polar surface area (TPSA) is 91.4 Å². The van der Waals surface area contributed by atoms with Gasteiger partial charge in [0, 0.05) is 6.20 Å². The molecule has 3 aliphatic heterocycles. The van der Waals surface area contributed by atoms with Crippen molar-refractivity contribution in [3.8, 4) is 0 Å². The van der Waals surface area contributed by atoms with Crippen molar-refractivity contribution in [3.63, 3.8) is 0 Å². The monoisotopic (exact) mass is 399 g/mol. The van der Waals surface area contributed by atoms with Crippen LogP contribution in [0.1, 0.15) is 20.3 Å². The second-order valence-electron chi connectivity index (χ2n) is 6.37. The number of hydrogen-bond acceptors (Lipinski definition) is 7. The van der Waals surface area contributed by atoms with Crippen LogP contribution in [-0.4, -0.2) is 59.8 Å². The molecule has 0 aromatic carbocycles. The van der Waals surface area contributed by atoms with Crippen LogP contribution < -0.4 is 0 Å². The molecular formula is C14H17F3NO7P. The highest BCUT2D eigenvalue weighted by atomic mass is 31.2. The third kappa shape index (κ3) is 3.22. The van der Waals surface area contributed by atoms with Gasteiger partial charge in [0.05, 0.1) is 19.1 Å². The summed E-state index contributed by atoms with van der Waals surface area (Å²) in [5.41, 5.74) is -2.56. The number of rotatable bonds is 4. The number of ether oxygens (including phenoxy) is 1. The standard InChI is InChI=1S/C14H17F3NO7P/c1-7(2)24-26(21)22-6-14(13(16)17)11(25-26)10(15)12(23-14)18-4-3-8(19)5-9(18)20/h3-4,7,10-13H,5-6H2,1-2H3/t10-,11+,12-,14-,26?/m1/s1. The normalized spacial score (nSPS) is 40.6. The molecule has 1 amide bonds. The Kier molecular flexibility index (Phi) is 5.04. The van der Waals surface area contributed by atoms with E-state index >= 15 is 0 Å². The van der Waals surface area contributed by atoms with E-state index in [9.17, 15) is 27.3 Å². The molecule has 0 N–H and O–H groups in total. The number of carbonyl (C=O) groups is 2. The zero-order chi connectivity index (χ0) is 19.3. The summed E-state index contributed by atoms with van der Waals surface area (Å²) in [4.78, 5) is 23.9. The summed E-state index contributed by atoms with van der Waals surface area (Å²) < 4.78 is 74.7. The number of fused-ring (bicyclic) bond motifs is 1.